The molecule has 0 aromatic carbocycles. The van der Waals surface area contributed by atoms with Crippen LogP contribution in [0, 0.1) is 0 Å². The summed E-state index contributed by atoms with van der Waals surface area (Å²) in [5, 5.41) is 0. The molecule has 0 saturated heterocycles. The molecule has 0 aliphatic heterocycles. The van der Waals surface area contributed by atoms with Crippen LogP contribution in [-0.4, -0.2) is 43.3 Å². The van der Waals surface area contributed by atoms with Crippen LogP contribution in [0.1, 0.15) is 26.2 Å². The third-order valence-electron chi connectivity index (χ3n) is 1.90. The minimum absolute atomic E-state index is 0.197. The van der Waals surface area contributed by atoms with E-state index in [4.69, 9.17) is 13.9 Å². The van der Waals surface area contributed by atoms with Crippen LogP contribution < -0.4 is 0 Å². The summed E-state index contributed by atoms with van der Waals surface area (Å²) in [4.78, 5) is 0. The second kappa shape index (κ2) is 13.1. The van der Waals surface area contributed by atoms with Crippen LogP contribution in [0.4, 0.5) is 0 Å². The Kier molecular flexibility index (Phi) is 13.2. The normalized spacial score (nSPS) is 11.6. The summed E-state index contributed by atoms with van der Waals surface area (Å²) in [6.45, 7) is 5.38. The van der Waals surface area contributed by atoms with E-state index < -0.39 is 0 Å². The van der Waals surface area contributed by atoms with Crippen molar-refractivity contribution < 1.29 is 13.9 Å². The van der Waals surface area contributed by atoms with Crippen molar-refractivity contribution in [2.24, 2.45) is 0 Å². The third kappa shape index (κ3) is 12.1. The zero-order valence-corrected chi connectivity index (χ0v) is 11.0. The summed E-state index contributed by atoms with van der Waals surface area (Å²) >= 11 is 0. The maximum Gasteiger partial charge on any atom is 0.161 e. The molecule has 86 valence electrons. The largest absolute Gasteiger partial charge is 0.424 e. The lowest BCUT2D eigenvalue weighted by molar-refractivity contribution is 0.0674. The number of unbranched alkanes of at least 4 members (excludes halogenated alkanes) is 1. The summed E-state index contributed by atoms with van der Waals surface area (Å²) in [6, 6.07) is 1.31. The Balaban J connectivity index is 2.78. The van der Waals surface area contributed by atoms with Crippen molar-refractivity contribution in [1.82, 2.24) is 0 Å². The van der Waals surface area contributed by atoms with E-state index >= 15 is 0 Å². The molecule has 0 N–H and O–H groups in total. The molecule has 0 aromatic rings. The highest BCUT2D eigenvalue weighted by Gasteiger charge is 1.91. The number of hydrogen-bond donors (Lipinski definition) is 0. The molecule has 0 rings (SSSR count). The Morgan fingerprint density at radius 1 is 1.00 bits per heavy atom. The number of rotatable bonds is 11. The molecule has 0 amide bonds. The van der Waals surface area contributed by atoms with E-state index in [1.165, 1.54) is 12.5 Å². The Morgan fingerprint density at radius 3 is 2.50 bits per heavy atom. The first-order valence-electron chi connectivity index (χ1n) is 5.56. The van der Waals surface area contributed by atoms with Gasteiger partial charge in [0.25, 0.3) is 0 Å². The maximum absolute atomic E-state index is 5.56. The summed E-state index contributed by atoms with van der Waals surface area (Å²) in [6.07, 6.45) is 3.50. The van der Waals surface area contributed by atoms with Crippen molar-refractivity contribution in [2.75, 3.05) is 33.5 Å². The Bertz CT molecular complexity index is 89.4. The van der Waals surface area contributed by atoms with E-state index in [1.54, 1.807) is 7.11 Å². The molecule has 0 unspecified atom stereocenters. The van der Waals surface area contributed by atoms with E-state index in [2.05, 4.69) is 6.92 Å². The van der Waals surface area contributed by atoms with E-state index in [9.17, 15) is 0 Å². The summed E-state index contributed by atoms with van der Waals surface area (Å²) < 4.78 is 15.8. The Hall–Kier alpha value is 0.0969. The van der Waals surface area contributed by atoms with Crippen molar-refractivity contribution in [3.63, 3.8) is 0 Å². The van der Waals surface area contributed by atoms with Gasteiger partial charge in [0.1, 0.15) is 0 Å². The van der Waals surface area contributed by atoms with Gasteiger partial charge in [-0.1, -0.05) is 13.3 Å². The van der Waals surface area contributed by atoms with E-state index in [0.717, 1.165) is 26.1 Å². The SMILES string of the molecule is CCC[SiH2]OCCCCOCCOC. The monoisotopic (exact) mass is 220 g/mol. The minimum atomic E-state index is -0.197. The standard InChI is InChI=1S/C10H24O3Si/c1-3-10-14-13-7-5-4-6-12-9-8-11-2/h3-10,14H2,1-2H3. The second-order valence-electron chi connectivity index (χ2n) is 3.28. The molecule has 0 fully saturated rings. The van der Waals surface area contributed by atoms with Crippen LogP contribution >= 0.6 is 0 Å². The van der Waals surface area contributed by atoms with Crippen molar-refractivity contribution in [3.05, 3.63) is 0 Å². The third-order valence-corrected chi connectivity index (χ3v) is 3.47. The lowest BCUT2D eigenvalue weighted by atomic mass is 10.3. The quantitative estimate of drug-likeness (QED) is 0.389. The van der Waals surface area contributed by atoms with Crippen LogP contribution in [0.5, 0.6) is 0 Å². The average Bonchev–Trinajstić information content (AvgIpc) is 2.21. The molecule has 0 aliphatic carbocycles. The van der Waals surface area contributed by atoms with Crippen molar-refractivity contribution >= 4 is 9.76 Å². The van der Waals surface area contributed by atoms with Crippen LogP contribution in [0.25, 0.3) is 0 Å². The van der Waals surface area contributed by atoms with Crippen molar-refractivity contribution in [2.45, 2.75) is 32.2 Å². The molecule has 0 heterocycles. The molecule has 4 heteroatoms. The molecular weight excluding hydrogens is 196 g/mol. The summed E-state index contributed by atoms with van der Waals surface area (Å²) in [5.41, 5.74) is 0. The molecule has 0 radical (unpaired) electrons. The first kappa shape index (κ1) is 14.1. The van der Waals surface area contributed by atoms with E-state index in [0.29, 0.717) is 13.2 Å². The van der Waals surface area contributed by atoms with Gasteiger partial charge in [-0.15, -0.1) is 0 Å². The molecule has 0 atom stereocenters. The molecule has 0 saturated carbocycles. The van der Waals surface area contributed by atoms with E-state index in [-0.39, 0.29) is 9.76 Å². The van der Waals surface area contributed by atoms with Gasteiger partial charge in [0.15, 0.2) is 9.76 Å². The zero-order chi connectivity index (χ0) is 10.5. The Labute approximate surface area is 90.1 Å². The van der Waals surface area contributed by atoms with Gasteiger partial charge in [0.05, 0.1) is 13.2 Å². The van der Waals surface area contributed by atoms with E-state index in [1.807, 2.05) is 0 Å². The van der Waals surface area contributed by atoms with Gasteiger partial charge in [0, 0.05) is 20.3 Å². The van der Waals surface area contributed by atoms with Gasteiger partial charge in [-0.25, -0.2) is 0 Å². The second-order valence-corrected chi connectivity index (χ2v) is 4.80. The molecule has 14 heavy (non-hydrogen) atoms. The van der Waals surface area contributed by atoms with Crippen LogP contribution in [0.15, 0.2) is 0 Å². The molecular formula is C10H24O3Si. The maximum atomic E-state index is 5.56. The van der Waals surface area contributed by atoms with Crippen molar-refractivity contribution in [1.29, 1.82) is 0 Å². The zero-order valence-electron chi connectivity index (χ0n) is 9.59. The molecule has 0 spiro atoms. The Morgan fingerprint density at radius 2 is 1.79 bits per heavy atom. The molecule has 0 bridgehead atoms. The fraction of sp³-hybridized carbons (Fsp3) is 1.00. The predicted octanol–water partition coefficient (Wildman–Crippen LogP) is 1.36. The lowest BCUT2D eigenvalue weighted by Crippen LogP contribution is -2.05. The highest BCUT2D eigenvalue weighted by molar-refractivity contribution is 6.26. The van der Waals surface area contributed by atoms with Gasteiger partial charge in [-0.2, -0.15) is 0 Å². The lowest BCUT2D eigenvalue weighted by Gasteiger charge is -2.04. The topological polar surface area (TPSA) is 27.7 Å². The summed E-state index contributed by atoms with van der Waals surface area (Å²) in [5.74, 6) is 0. The number of methoxy groups -OCH3 is 1. The highest BCUT2D eigenvalue weighted by atomic mass is 28.2. The van der Waals surface area contributed by atoms with Crippen LogP contribution in [0.2, 0.25) is 6.04 Å². The average molecular weight is 220 g/mol. The highest BCUT2D eigenvalue weighted by Crippen LogP contribution is 1.93. The number of hydrogen-bond acceptors (Lipinski definition) is 3. The van der Waals surface area contributed by atoms with Gasteiger partial charge >= 0.3 is 0 Å². The van der Waals surface area contributed by atoms with Crippen molar-refractivity contribution in [3.8, 4) is 0 Å². The summed E-state index contributed by atoms with van der Waals surface area (Å²) in [7, 11) is 1.49. The van der Waals surface area contributed by atoms with Crippen LogP contribution in [0.3, 0.4) is 0 Å². The van der Waals surface area contributed by atoms with Gasteiger partial charge in [0.2, 0.25) is 0 Å². The number of ether oxygens (including phenoxy) is 2. The smallest absolute Gasteiger partial charge is 0.161 e. The van der Waals surface area contributed by atoms with Gasteiger partial charge in [-0.3, -0.25) is 0 Å². The molecule has 0 aliphatic rings. The molecule has 0 aromatic heterocycles. The minimum Gasteiger partial charge on any atom is -0.424 e. The first-order valence-corrected chi connectivity index (χ1v) is 7.14. The van der Waals surface area contributed by atoms with Crippen LogP contribution in [-0.2, 0) is 13.9 Å². The fourth-order valence-electron chi connectivity index (χ4n) is 1.00. The predicted molar refractivity (Wildman–Crippen MR) is 61.5 cm³/mol. The fourth-order valence-corrected chi connectivity index (χ4v) is 1.90. The van der Waals surface area contributed by atoms with Gasteiger partial charge in [-0.05, 0) is 18.9 Å². The first-order chi connectivity index (χ1) is 6.91. The molecule has 3 nitrogen and oxygen atoms in total. The van der Waals surface area contributed by atoms with Gasteiger partial charge < -0.3 is 13.9 Å².